The van der Waals surface area contributed by atoms with Gasteiger partial charge in [-0.15, -0.1) is 0 Å². The van der Waals surface area contributed by atoms with Crippen molar-refractivity contribution in [2.45, 2.75) is 25.9 Å². The number of halogens is 1. The number of Topliss-reactive ketones (excluding diaryl/α,β-unsaturated/α-hetero) is 1. The summed E-state index contributed by atoms with van der Waals surface area (Å²) in [6, 6.07) is 14.1. The van der Waals surface area contributed by atoms with Gasteiger partial charge in [0.1, 0.15) is 5.76 Å². The number of hydrogen-bond acceptors (Lipinski definition) is 4. The Kier molecular flexibility index (Phi) is 6.04. The van der Waals surface area contributed by atoms with E-state index in [4.69, 9.17) is 0 Å². The van der Waals surface area contributed by atoms with Gasteiger partial charge in [-0.2, -0.15) is 0 Å². The number of amides is 1. The highest BCUT2D eigenvalue weighted by Crippen LogP contribution is 2.39. The predicted molar refractivity (Wildman–Crippen MR) is 121 cm³/mol. The van der Waals surface area contributed by atoms with E-state index in [2.05, 4.69) is 20.9 Å². The molecule has 1 fully saturated rings. The Labute approximate surface area is 189 Å². The molecular weight excluding hydrogens is 458 g/mol. The van der Waals surface area contributed by atoms with Gasteiger partial charge in [0.05, 0.1) is 17.9 Å². The number of rotatable bonds is 6. The molecule has 0 aliphatic carbocycles. The Morgan fingerprint density at radius 2 is 1.77 bits per heavy atom. The summed E-state index contributed by atoms with van der Waals surface area (Å²) in [7, 11) is 0. The molecule has 1 aliphatic rings. The van der Waals surface area contributed by atoms with Crippen LogP contribution in [0.15, 0.2) is 77.3 Å². The molecule has 1 aliphatic heterocycles. The van der Waals surface area contributed by atoms with Crippen LogP contribution >= 0.6 is 15.9 Å². The second kappa shape index (κ2) is 8.89. The first-order chi connectivity index (χ1) is 15.0. The van der Waals surface area contributed by atoms with Gasteiger partial charge in [0.15, 0.2) is 0 Å². The Morgan fingerprint density at radius 3 is 2.42 bits per heavy atom. The quantitative estimate of drug-likeness (QED) is 0.321. The van der Waals surface area contributed by atoms with E-state index in [1.165, 1.54) is 0 Å². The molecule has 7 heteroatoms. The van der Waals surface area contributed by atoms with E-state index in [0.717, 1.165) is 15.6 Å². The van der Waals surface area contributed by atoms with E-state index < -0.39 is 17.7 Å². The maximum absolute atomic E-state index is 13.0. The second-order valence-electron chi connectivity index (χ2n) is 7.56. The zero-order valence-corrected chi connectivity index (χ0v) is 18.6. The summed E-state index contributed by atoms with van der Waals surface area (Å²) in [4.78, 5) is 31.5. The minimum atomic E-state index is -0.659. The van der Waals surface area contributed by atoms with Crippen LogP contribution in [0.25, 0.3) is 5.76 Å². The zero-order valence-electron chi connectivity index (χ0n) is 17.0. The lowest BCUT2D eigenvalue weighted by Gasteiger charge is -2.25. The summed E-state index contributed by atoms with van der Waals surface area (Å²) >= 11 is 3.43. The predicted octanol–water partition coefficient (Wildman–Crippen LogP) is 4.47. The van der Waals surface area contributed by atoms with Crippen LogP contribution in [0.5, 0.6) is 0 Å². The second-order valence-corrected chi connectivity index (χ2v) is 8.48. The average molecular weight is 480 g/mol. The molecule has 0 spiro atoms. The highest BCUT2D eigenvalue weighted by atomic mass is 79.9. The minimum Gasteiger partial charge on any atom is -0.507 e. The van der Waals surface area contributed by atoms with Crippen LogP contribution in [0.3, 0.4) is 0 Å². The molecule has 1 saturated heterocycles. The van der Waals surface area contributed by atoms with Crippen LogP contribution in [-0.2, 0) is 16.1 Å². The molecule has 158 valence electrons. The van der Waals surface area contributed by atoms with Gasteiger partial charge in [-0.3, -0.25) is 9.59 Å². The first kappa shape index (κ1) is 21.1. The molecule has 2 aromatic carbocycles. The fourth-order valence-corrected chi connectivity index (χ4v) is 4.08. The van der Waals surface area contributed by atoms with Crippen molar-refractivity contribution in [1.29, 1.82) is 0 Å². The first-order valence-corrected chi connectivity index (χ1v) is 10.8. The number of hydrogen-bond donors (Lipinski definition) is 1. The molecule has 1 unspecified atom stereocenters. The lowest BCUT2D eigenvalue weighted by Crippen LogP contribution is -2.31. The van der Waals surface area contributed by atoms with Gasteiger partial charge in [-0.25, -0.2) is 4.98 Å². The van der Waals surface area contributed by atoms with Crippen molar-refractivity contribution in [2.75, 3.05) is 6.54 Å². The highest BCUT2D eigenvalue weighted by Gasteiger charge is 2.45. The molecule has 2 heterocycles. The lowest BCUT2D eigenvalue weighted by molar-refractivity contribution is -0.139. The first-order valence-electron chi connectivity index (χ1n) is 10.0. The number of imidazole rings is 1. The Bertz CT molecular complexity index is 1120. The Morgan fingerprint density at radius 1 is 1.06 bits per heavy atom. The molecular formula is C24H22BrN3O3. The molecule has 0 bridgehead atoms. The third-order valence-electron chi connectivity index (χ3n) is 5.43. The number of benzene rings is 2. The molecule has 1 atom stereocenters. The standard InChI is InChI=1S/C24H22BrN3O3/c1-16-3-5-18(6-4-16)22(29)20-21(17-7-9-19(25)10-8-17)28(24(31)23(20)30)13-2-12-27-14-11-26-15-27/h3-11,14-15,21,29H,2,12-13H2,1H3/b22-20+. The van der Waals surface area contributed by atoms with Crippen LogP contribution in [0.4, 0.5) is 0 Å². The summed E-state index contributed by atoms with van der Waals surface area (Å²) in [6.45, 7) is 3.01. The number of aliphatic hydroxyl groups excluding tert-OH is 1. The fraction of sp³-hybridized carbons (Fsp3) is 0.208. The number of aromatic nitrogens is 2. The normalized spacial score (nSPS) is 18.0. The highest BCUT2D eigenvalue weighted by molar-refractivity contribution is 9.10. The number of carbonyl (C=O) groups is 2. The topological polar surface area (TPSA) is 75.4 Å². The minimum absolute atomic E-state index is 0.124. The Hall–Kier alpha value is -3.19. The number of likely N-dealkylation sites (tertiary alicyclic amines) is 1. The van der Waals surface area contributed by atoms with Crippen molar-refractivity contribution in [3.05, 3.63) is 94.0 Å². The summed E-state index contributed by atoms with van der Waals surface area (Å²) in [5.41, 5.74) is 2.46. The van der Waals surface area contributed by atoms with Gasteiger partial charge in [0.25, 0.3) is 11.7 Å². The summed E-state index contributed by atoms with van der Waals surface area (Å²) in [5.74, 6) is -1.40. The third kappa shape index (κ3) is 4.32. The van der Waals surface area contributed by atoms with Crippen molar-refractivity contribution in [2.24, 2.45) is 0 Å². The van der Waals surface area contributed by atoms with Crippen molar-refractivity contribution in [3.8, 4) is 0 Å². The lowest BCUT2D eigenvalue weighted by atomic mass is 9.95. The Balaban J connectivity index is 1.72. The number of ketones is 1. The van der Waals surface area contributed by atoms with Gasteiger partial charge < -0.3 is 14.6 Å². The van der Waals surface area contributed by atoms with Gasteiger partial charge in [-0.05, 0) is 31.0 Å². The molecule has 0 radical (unpaired) electrons. The maximum Gasteiger partial charge on any atom is 0.295 e. The summed E-state index contributed by atoms with van der Waals surface area (Å²) in [5, 5.41) is 11.0. The number of aliphatic hydroxyl groups is 1. The number of carbonyl (C=O) groups excluding carboxylic acids is 2. The summed E-state index contributed by atoms with van der Waals surface area (Å²) < 4.78 is 2.82. The molecule has 6 nitrogen and oxygen atoms in total. The molecule has 1 N–H and O–H groups in total. The maximum atomic E-state index is 13.0. The number of aryl methyl sites for hydroxylation is 2. The molecule has 1 aromatic heterocycles. The van der Waals surface area contributed by atoms with Crippen LogP contribution in [0.1, 0.15) is 29.2 Å². The van der Waals surface area contributed by atoms with Gasteiger partial charge >= 0.3 is 0 Å². The summed E-state index contributed by atoms with van der Waals surface area (Å²) in [6.07, 6.45) is 5.94. The SMILES string of the molecule is Cc1ccc(/C(O)=C2\C(=O)C(=O)N(CCCn3ccnc3)C2c2ccc(Br)cc2)cc1. The monoisotopic (exact) mass is 479 g/mol. The van der Waals surface area contributed by atoms with E-state index in [0.29, 0.717) is 25.1 Å². The van der Waals surface area contributed by atoms with Crippen LogP contribution in [-0.4, -0.2) is 37.8 Å². The van der Waals surface area contributed by atoms with Gasteiger partial charge in [0.2, 0.25) is 0 Å². The van der Waals surface area contributed by atoms with Gasteiger partial charge in [0, 0.05) is 35.5 Å². The van der Waals surface area contributed by atoms with E-state index in [1.54, 1.807) is 29.6 Å². The average Bonchev–Trinajstić information content (AvgIpc) is 3.37. The van der Waals surface area contributed by atoms with Crippen molar-refractivity contribution in [1.82, 2.24) is 14.5 Å². The van der Waals surface area contributed by atoms with Crippen molar-refractivity contribution in [3.63, 3.8) is 0 Å². The van der Waals surface area contributed by atoms with Gasteiger partial charge in [-0.1, -0.05) is 57.9 Å². The van der Waals surface area contributed by atoms with E-state index >= 15 is 0 Å². The molecule has 4 rings (SSSR count). The number of nitrogens with zero attached hydrogens (tertiary/aromatic N) is 3. The van der Waals surface area contributed by atoms with Crippen molar-refractivity contribution >= 4 is 33.4 Å². The van der Waals surface area contributed by atoms with Crippen molar-refractivity contribution < 1.29 is 14.7 Å². The van der Waals surface area contributed by atoms with E-state index in [-0.39, 0.29) is 11.3 Å². The molecule has 1 amide bonds. The molecule has 3 aromatic rings. The third-order valence-corrected chi connectivity index (χ3v) is 5.95. The fourth-order valence-electron chi connectivity index (χ4n) is 3.81. The van der Waals surface area contributed by atoms with E-state index in [1.807, 2.05) is 54.1 Å². The molecule has 31 heavy (non-hydrogen) atoms. The smallest absolute Gasteiger partial charge is 0.295 e. The zero-order chi connectivity index (χ0) is 22.0. The largest absolute Gasteiger partial charge is 0.507 e. The van der Waals surface area contributed by atoms with E-state index in [9.17, 15) is 14.7 Å². The van der Waals surface area contributed by atoms with Crippen LogP contribution < -0.4 is 0 Å². The molecule has 0 saturated carbocycles. The van der Waals surface area contributed by atoms with Crippen LogP contribution in [0.2, 0.25) is 0 Å². The van der Waals surface area contributed by atoms with Crippen LogP contribution in [0, 0.1) is 6.92 Å².